The first-order valence-corrected chi connectivity index (χ1v) is 3.21. The minimum Gasteiger partial charge on any atom is -0.476 e. The molecule has 0 spiro atoms. The van der Waals surface area contributed by atoms with E-state index in [1.165, 1.54) is 6.33 Å². The quantitative estimate of drug-likeness (QED) is 0.617. The molecule has 0 saturated carbocycles. The highest BCUT2D eigenvalue weighted by Gasteiger charge is 2.02. The topological polar surface area (TPSA) is 81.0 Å². The Morgan fingerprint density at radius 1 is 1.82 bits per heavy atom. The van der Waals surface area contributed by atoms with Crippen LogP contribution in [0.15, 0.2) is 11.1 Å². The molecule has 1 rings (SSSR count). The molecule has 0 bridgehead atoms. The molecule has 0 fully saturated rings. The third-order valence-electron chi connectivity index (χ3n) is 1.13. The lowest BCUT2D eigenvalue weighted by Crippen LogP contribution is -2.14. The molecule has 5 nitrogen and oxygen atoms in total. The first kappa shape index (κ1) is 7.59. The van der Waals surface area contributed by atoms with E-state index >= 15 is 0 Å². The van der Waals surface area contributed by atoms with Gasteiger partial charge in [0.2, 0.25) is 5.88 Å². The predicted molar refractivity (Wildman–Crippen MR) is 40.4 cm³/mol. The molecular weight excluding hydrogens is 146 g/mol. The molecule has 0 atom stereocenters. The number of ether oxygens (including phenoxy) is 1. The fourth-order valence-corrected chi connectivity index (χ4v) is 0.646. The summed E-state index contributed by atoms with van der Waals surface area (Å²) in [5.74, 6) is 0.191. The fourth-order valence-electron chi connectivity index (χ4n) is 0.646. The van der Waals surface area contributed by atoms with Gasteiger partial charge in [-0.1, -0.05) is 0 Å². The Morgan fingerprint density at radius 2 is 2.55 bits per heavy atom. The van der Waals surface area contributed by atoms with Gasteiger partial charge < -0.3 is 15.5 Å². The van der Waals surface area contributed by atoms with Crippen molar-refractivity contribution >= 4 is 5.69 Å². The molecule has 5 heteroatoms. The van der Waals surface area contributed by atoms with Crippen LogP contribution in [0.5, 0.6) is 5.88 Å². The van der Waals surface area contributed by atoms with Crippen molar-refractivity contribution in [3.63, 3.8) is 0 Å². The van der Waals surface area contributed by atoms with Crippen molar-refractivity contribution in [2.24, 2.45) is 0 Å². The van der Waals surface area contributed by atoms with Gasteiger partial charge in [-0.15, -0.1) is 0 Å². The SMILES string of the molecule is CCOc1nc[nH]c(=O)c1N. The van der Waals surface area contributed by atoms with E-state index in [0.717, 1.165) is 0 Å². The maximum atomic E-state index is 10.8. The van der Waals surface area contributed by atoms with Crippen molar-refractivity contribution < 1.29 is 4.74 Å². The van der Waals surface area contributed by atoms with Crippen molar-refractivity contribution in [1.82, 2.24) is 9.97 Å². The molecule has 0 amide bonds. The molecule has 60 valence electrons. The van der Waals surface area contributed by atoms with Crippen LogP contribution in [0.3, 0.4) is 0 Å². The van der Waals surface area contributed by atoms with E-state index in [0.29, 0.717) is 6.61 Å². The van der Waals surface area contributed by atoms with E-state index in [9.17, 15) is 4.79 Å². The third-order valence-corrected chi connectivity index (χ3v) is 1.13. The van der Waals surface area contributed by atoms with Crippen molar-refractivity contribution in [2.45, 2.75) is 6.92 Å². The van der Waals surface area contributed by atoms with Crippen LogP contribution in [0.25, 0.3) is 0 Å². The summed E-state index contributed by atoms with van der Waals surface area (Å²) < 4.78 is 4.96. The van der Waals surface area contributed by atoms with Crippen LogP contribution in [-0.2, 0) is 0 Å². The highest BCUT2D eigenvalue weighted by Crippen LogP contribution is 2.09. The standard InChI is InChI=1S/C6H9N3O2/c1-2-11-6-4(7)5(10)8-3-9-6/h3H,2,7H2,1H3,(H,8,9,10). The van der Waals surface area contributed by atoms with Crippen molar-refractivity contribution in [1.29, 1.82) is 0 Å². The van der Waals surface area contributed by atoms with Crippen LogP contribution in [0, 0.1) is 0 Å². The van der Waals surface area contributed by atoms with E-state index in [-0.39, 0.29) is 17.1 Å². The van der Waals surface area contributed by atoms with Crippen molar-refractivity contribution in [2.75, 3.05) is 12.3 Å². The summed E-state index contributed by atoms with van der Waals surface area (Å²) in [5.41, 5.74) is 4.99. The zero-order valence-corrected chi connectivity index (χ0v) is 6.13. The van der Waals surface area contributed by atoms with Crippen LogP contribution < -0.4 is 16.0 Å². The fraction of sp³-hybridized carbons (Fsp3) is 0.333. The molecule has 0 saturated heterocycles. The number of hydrogen-bond acceptors (Lipinski definition) is 4. The number of rotatable bonds is 2. The molecular formula is C6H9N3O2. The highest BCUT2D eigenvalue weighted by atomic mass is 16.5. The van der Waals surface area contributed by atoms with E-state index in [1.54, 1.807) is 6.92 Å². The molecule has 1 aromatic rings. The Hall–Kier alpha value is -1.52. The summed E-state index contributed by atoms with van der Waals surface area (Å²) in [6.07, 6.45) is 1.25. The van der Waals surface area contributed by atoms with Gasteiger partial charge in [-0.25, -0.2) is 4.98 Å². The number of nitrogens with one attached hydrogen (secondary N) is 1. The van der Waals surface area contributed by atoms with Crippen molar-refractivity contribution in [3.8, 4) is 5.88 Å². The number of hydrogen-bond donors (Lipinski definition) is 2. The van der Waals surface area contributed by atoms with Gasteiger partial charge in [-0.05, 0) is 6.92 Å². The Labute approximate surface area is 63.2 Å². The maximum absolute atomic E-state index is 10.8. The number of aromatic nitrogens is 2. The van der Waals surface area contributed by atoms with Gasteiger partial charge >= 0.3 is 0 Å². The first-order valence-electron chi connectivity index (χ1n) is 3.21. The molecule has 3 N–H and O–H groups in total. The van der Waals surface area contributed by atoms with Crippen LogP contribution in [-0.4, -0.2) is 16.6 Å². The van der Waals surface area contributed by atoms with Crippen LogP contribution >= 0.6 is 0 Å². The largest absolute Gasteiger partial charge is 0.476 e. The highest BCUT2D eigenvalue weighted by molar-refractivity contribution is 5.44. The Balaban J connectivity index is 3.06. The second kappa shape index (κ2) is 3.05. The molecule has 0 aromatic carbocycles. The summed E-state index contributed by atoms with van der Waals surface area (Å²) in [6.45, 7) is 2.24. The minimum absolute atomic E-state index is 0.0225. The number of H-pyrrole nitrogens is 1. The zero-order chi connectivity index (χ0) is 8.27. The van der Waals surface area contributed by atoms with Crippen molar-refractivity contribution in [3.05, 3.63) is 16.7 Å². The number of nitrogen functional groups attached to an aromatic ring is 1. The second-order valence-electron chi connectivity index (χ2n) is 1.88. The molecule has 11 heavy (non-hydrogen) atoms. The lowest BCUT2D eigenvalue weighted by atomic mass is 10.5. The number of nitrogens with two attached hydrogens (primary N) is 1. The van der Waals surface area contributed by atoms with Gasteiger partial charge in [-0.3, -0.25) is 4.79 Å². The predicted octanol–water partition coefficient (Wildman–Crippen LogP) is -0.249. The maximum Gasteiger partial charge on any atom is 0.277 e. The van der Waals surface area contributed by atoms with Gasteiger partial charge in [0.25, 0.3) is 5.56 Å². The number of nitrogens with zero attached hydrogens (tertiary/aromatic N) is 1. The molecule has 0 aliphatic rings. The Kier molecular flexibility index (Phi) is 2.10. The molecule has 0 aliphatic carbocycles. The molecule has 1 aromatic heterocycles. The molecule has 0 aliphatic heterocycles. The minimum atomic E-state index is -0.372. The van der Waals surface area contributed by atoms with E-state index in [4.69, 9.17) is 10.5 Å². The number of aromatic amines is 1. The monoisotopic (exact) mass is 155 g/mol. The summed E-state index contributed by atoms with van der Waals surface area (Å²) in [6, 6.07) is 0. The second-order valence-corrected chi connectivity index (χ2v) is 1.88. The van der Waals surface area contributed by atoms with Crippen LogP contribution in [0.4, 0.5) is 5.69 Å². The smallest absolute Gasteiger partial charge is 0.277 e. The zero-order valence-electron chi connectivity index (χ0n) is 6.13. The Bertz CT molecular complexity index is 294. The lowest BCUT2D eigenvalue weighted by molar-refractivity contribution is 0.328. The number of anilines is 1. The van der Waals surface area contributed by atoms with Crippen LogP contribution in [0.1, 0.15) is 6.92 Å². The van der Waals surface area contributed by atoms with E-state index in [1.807, 2.05) is 0 Å². The summed E-state index contributed by atoms with van der Waals surface area (Å²) in [4.78, 5) is 16.9. The molecule has 0 unspecified atom stereocenters. The normalized spacial score (nSPS) is 9.55. The van der Waals surface area contributed by atoms with E-state index < -0.39 is 0 Å². The van der Waals surface area contributed by atoms with Gasteiger partial charge in [-0.2, -0.15) is 0 Å². The first-order chi connectivity index (χ1) is 5.25. The summed E-state index contributed by atoms with van der Waals surface area (Å²) in [7, 11) is 0. The van der Waals surface area contributed by atoms with E-state index in [2.05, 4.69) is 9.97 Å². The van der Waals surface area contributed by atoms with Crippen LogP contribution in [0.2, 0.25) is 0 Å². The summed E-state index contributed by atoms with van der Waals surface area (Å²) >= 11 is 0. The van der Waals surface area contributed by atoms with Gasteiger partial charge in [0.1, 0.15) is 0 Å². The Morgan fingerprint density at radius 3 is 3.18 bits per heavy atom. The molecule has 1 heterocycles. The van der Waals surface area contributed by atoms with Gasteiger partial charge in [0, 0.05) is 0 Å². The lowest BCUT2D eigenvalue weighted by Gasteiger charge is -2.01. The van der Waals surface area contributed by atoms with Gasteiger partial charge in [0.15, 0.2) is 5.69 Å². The molecule has 0 radical (unpaired) electrons. The third kappa shape index (κ3) is 1.49. The van der Waals surface area contributed by atoms with Gasteiger partial charge in [0.05, 0.1) is 12.9 Å². The average molecular weight is 155 g/mol. The average Bonchev–Trinajstić information content (AvgIpc) is 1.99. The summed E-state index contributed by atoms with van der Waals surface area (Å²) in [5, 5.41) is 0.